The fourth-order valence-electron chi connectivity index (χ4n) is 3.46. The quantitative estimate of drug-likeness (QED) is 0.584. The predicted octanol–water partition coefficient (Wildman–Crippen LogP) is 3.66. The summed E-state index contributed by atoms with van der Waals surface area (Å²) in [6, 6.07) is 11.6. The van der Waals surface area contributed by atoms with Crippen molar-refractivity contribution < 1.29 is 18.0 Å². The van der Waals surface area contributed by atoms with E-state index in [-0.39, 0.29) is 16.7 Å². The van der Waals surface area contributed by atoms with Crippen LogP contribution >= 0.6 is 11.6 Å². The summed E-state index contributed by atoms with van der Waals surface area (Å²) in [5.74, 6) is -0.355. The number of anilines is 1. The first kappa shape index (κ1) is 23.1. The summed E-state index contributed by atoms with van der Waals surface area (Å²) in [4.78, 5) is 27.1. The Morgan fingerprint density at radius 2 is 1.77 bits per heavy atom. The van der Waals surface area contributed by atoms with Crippen LogP contribution in [-0.2, 0) is 14.8 Å². The molecule has 31 heavy (non-hydrogen) atoms. The van der Waals surface area contributed by atoms with E-state index in [4.69, 9.17) is 11.6 Å². The number of likely N-dealkylation sites (tertiary alicyclic amines) is 1. The van der Waals surface area contributed by atoms with Crippen molar-refractivity contribution in [1.82, 2.24) is 10.2 Å². The molecule has 7 nitrogen and oxygen atoms in total. The Hall–Kier alpha value is -2.58. The number of nitrogens with zero attached hydrogens (tertiary/aromatic N) is 1. The molecule has 2 N–H and O–H groups in total. The number of amides is 2. The molecule has 3 rings (SSSR count). The number of nitrogens with one attached hydrogen (secondary N) is 2. The average molecular weight is 464 g/mol. The Morgan fingerprint density at radius 3 is 2.42 bits per heavy atom. The van der Waals surface area contributed by atoms with Gasteiger partial charge in [0.05, 0.1) is 4.90 Å². The van der Waals surface area contributed by atoms with Gasteiger partial charge in [0.1, 0.15) is 6.04 Å². The van der Waals surface area contributed by atoms with E-state index >= 15 is 0 Å². The number of carbonyl (C=O) groups is 2. The Kier molecular flexibility index (Phi) is 7.56. The molecule has 1 aliphatic rings. The van der Waals surface area contributed by atoms with E-state index in [0.717, 1.165) is 19.3 Å². The Labute approximate surface area is 187 Å². The highest BCUT2D eigenvalue weighted by molar-refractivity contribution is 7.92. The maximum Gasteiger partial charge on any atom is 0.261 e. The molecule has 2 amide bonds. The lowest BCUT2D eigenvalue weighted by Crippen LogP contribution is -2.46. The van der Waals surface area contributed by atoms with Gasteiger partial charge in [-0.2, -0.15) is 0 Å². The number of halogens is 1. The number of benzene rings is 2. The highest BCUT2D eigenvalue weighted by Crippen LogP contribution is 2.23. The van der Waals surface area contributed by atoms with E-state index in [9.17, 15) is 18.0 Å². The molecule has 2 aromatic rings. The number of hydrogen-bond donors (Lipinski definition) is 2. The van der Waals surface area contributed by atoms with Gasteiger partial charge < -0.3 is 10.2 Å². The van der Waals surface area contributed by atoms with Crippen LogP contribution in [0, 0.1) is 0 Å². The van der Waals surface area contributed by atoms with Crippen LogP contribution in [0.3, 0.4) is 0 Å². The van der Waals surface area contributed by atoms with Gasteiger partial charge in [-0.25, -0.2) is 8.42 Å². The van der Waals surface area contributed by atoms with Gasteiger partial charge in [-0.1, -0.05) is 24.9 Å². The molecule has 1 atom stereocenters. The topological polar surface area (TPSA) is 95.6 Å². The molecule has 1 aliphatic heterocycles. The molecule has 166 valence electrons. The zero-order valence-corrected chi connectivity index (χ0v) is 18.9. The van der Waals surface area contributed by atoms with E-state index in [1.54, 1.807) is 17.0 Å². The predicted molar refractivity (Wildman–Crippen MR) is 121 cm³/mol. The Morgan fingerprint density at radius 1 is 1.10 bits per heavy atom. The lowest BCUT2D eigenvalue weighted by atomic mass is 10.1. The summed E-state index contributed by atoms with van der Waals surface area (Å²) < 4.78 is 27.5. The van der Waals surface area contributed by atoms with Crippen LogP contribution in [-0.4, -0.2) is 44.3 Å². The summed E-state index contributed by atoms with van der Waals surface area (Å²) in [5.41, 5.74) is 0.740. The van der Waals surface area contributed by atoms with Crippen molar-refractivity contribution in [2.75, 3.05) is 17.8 Å². The second-order valence-corrected chi connectivity index (χ2v) is 9.56. The molecule has 1 unspecified atom stereocenters. The first-order chi connectivity index (χ1) is 14.8. The van der Waals surface area contributed by atoms with Crippen molar-refractivity contribution in [2.24, 2.45) is 0 Å². The fraction of sp³-hybridized carbons (Fsp3) is 0.364. The molecule has 0 radical (unpaired) electrons. The van der Waals surface area contributed by atoms with E-state index in [1.165, 1.54) is 36.4 Å². The monoisotopic (exact) mass is 463 g/mol. The van der Waals surface area contributed by atoms with Crippen molar-refractivity contribution in [3.05, 3.63) is 59.1 Å². The molecule has 0 bridgehead atoms. The van der Waals surface area contributed by atoms with Gasteiger partial charge in [-0.05, 0) is 67.8 Å². The van der Waals surface area contributed by atoms with Gasteiger partial charge in [-0.15, -0.1) is 0 Å². The maximum atomic E-state index is 12.9. The smallest absolute Gasteiger partial charge is 0.261 e. The number of sulfonamides is 1. The Bertz CT molecular complexity index is 1020. The molecule has 1 fully saturated rings. The summed E-state index contributed by atoms with van der Waals surface area (Å²) in [6.07, 6.45) is 3.31. The van der Waals surface area contributed by atoms with Crippen LogP contribution in [0.4, 0.5) is 5.69 Å². The third-order valence-corrected chi connectivity index (χ3v) is 6.80. The minimum Gasteiger partial charge on any atom is -0.354 e. The van der Waals surface area contributed by atoms with Crippen LogP contribution in [0.2, 0.25) is 5.02 Å². The zero-order valence-electron chi connectivity index (χ0n) is 17.3. The van der Waals surface area contributed by atoms with E-state index in [0.29, 0.717) is 35.8 Å². The van der Waals surface area contributed by atoms with Crippen molar-refractivity contribution in [1.29, 1.82) is 0 Å². The van der Waals surface area contributed by atoms with Crippen molar-refractivity contribution in [3.8, 4) is 0 Å². The summed E-state index contributed by atoms with van der Waals surface area (Å²) in [6.45, 7) is 3.18. The third kappa shape index (κ3) is 5.77. The number of carbonyl (C=O) groups excluding carboxylic acids is 2. The molecular formula is C22H26ClN3O4S. The minimum absolute atomic E-state index is 0.0889. The lowest BCUT2D eigenvalue weighted by Gasteiger charge is -2.24. The first-order valence-corrected chi connectivity index (χ1v) is 12.1. The molecule has 9 heteroatoms. The van der Waals surface area contributed by atoms with Gasteiger partial charge in [0.25, 0.3) is 15.9 Å². The molecule has 0 saturated carbocycles. The normalized spacial score (nSPS) is 16.2. The van der Waals surface area contributed by atoms with Crippen LogP contribution < -0.4 is 10.0 Å². The van der Waals surface area contributed by atoms with Gasteiger partial charge in [0.2, 0.25) is 5.91 Å². The minimum atomic E-state index is -3.77. The molecule has 0 spiro atoms. The highest BCUT2D eigenvalue weighted by atomic mass is 35.5. The van der Waals surface area contributed by atoms with Gasteiger partial charge in [0.15, 0.2) is 0 Å². The van der Waals surface area contributed by atoms with Crippen molar-refractivity contribution in [3.63, 3.8) is 0 Å². The number of unbranched alkanes of at least 4 members (excludes halogenated alkanes) is 1. The first-order valence-electron chi connectivity index (χ1n) is 10.3. The molecule has 0 aromatic heterocycles. The highest BCUT2D eigenvalue weighted by Gasteiger charge is 2.34. The van der Waals surface area contributed by atoms with Crippen molar-refractivity contribution in [2.45, 2.75) is 43.5 Å². The zero-order chi connectivity index (χ0) is 22.4. The Balaban J connectivity index is 1.67. The second-order valence-electron chi connectivity index (χ2n) is 7.44. The summed E-state index contributed by atoms with van der Waals surface area (Å²) in [7, 11) is -3.77. The molecule has 0 aliphatic carbocycles. The molecule has 1 heterocycles. The molecular weight excluding hydrogens is 438 g/mol. The third-order valence-electron chi connectivity index (χ3n) is 5.15. The number of hydrogen-bond acceptors (Lipinski definition) is 4. The van der Waals surface area contributed by atoms with Crippen LogP contribution in [0.25, 0.3) is 0 Å². The summed E-state index contributed by atoms with van der Waals surface area (Å²) in [5, 5.41) is 3.34. The van der Waals surface area contributed by atoms with E-state index in [1.807, 2.05) is 0 Å². The lowest BCUT2D eigenvalue weighted by molar-refractivity contribution is -0.124. The largest absolute Gasteiger partial charge is 0.354 e. The average Bonchev–Trinajstić information content (AvgIpc) is 3.24. The molecule has 2 aromatic carbocycles. The molecule has 1 saturated heterocycles. The van der Waals surface area contributed by atoms with Crippen LogP contribution in [0.1, 0.15) is 43.0 Å². The SMILES string of the molecule is CCCCNC(=O)C1CCCN1C(=O)c1ccc(NS(=O)(=O)c2ccc(Cl)cc2)cc1. The van der Waals surface area contributed by atoms with Crippen molar-refractivity contribution >= 4 is 39.1 Å². The number of rotatable bonds is 8. The van der Waals surface area contributed by atoms with E-state index < -0.39 is 16.1 Å². The van der Waals surface area contributed by atoms with E-state index in [2.05, 4.69) is 17.0 Å². The van der Waals surface area contributed by atoms with Gasteiger partial charge >= 0.3 is 0 Å². The maximum absolute atomic E-state index is 12.9. The standard InChI is InChI=1S/C22H26ClN3O4S/c1-2-3-14-24-21(27)20-5-4-15-26(20)22(28)16-6-10-18(11-7-16)25-31(29,30)19-12-8-17(23)9-13-19/h6-13,20,25H,2-5,14-15H2,1H3,(H,24,27). The van der Waals surface area contributed by atoms with Crippen LogP contribution in [0.5, 0.6) is 0 Å². The van der Waals surface area contributed by atoms with Gasteiger partial charge in [0, 0.05) is 29.4 Å². The summed E-state index contributed by atoms with van der Waals surface area (Å²) >= 11 is 5.81. The van der Waals surface area contributed by atoms with Gasteiger partial charge in [-0.3, -0.25) is 14.3 Å². The second kappa shape index (κ2) is 10.2. The fourth-order valence-corrected chi connectivity index (χ4v) is 4.65. The van der Waals surface area contributed by atoms with Crippen LogP contribution in [0.15, 0.2) is 53.4 Å².